The number of benzene rings is 1. The summed E-state index contributed by atoms with van der Waals surface area (Å²) in [6, 6.07) is 6.59. The van der Waals surface area contributed by atoms with E-state index in [2.05, 4.69) is 58.4 Å². The summed E-state index contributed by atoms with van der Waals surface area (Å²) >= 11 is 1.86. The van der Waals surface area contributed by atoms with Crippen molar-refractivity contribution in [3.63, 3.8) is 0 Å². The summed E-state index contributed by atoms with van der Waals surface area (Å²) in [5, 5.41) is 3.45. The Labute approximate surface area is 139 Å². The smallest absolute Gasteiger partial charge is 0.193 e. The number of nitrogens with one attached hydrogen (secondary N) is 1. The molecule has 1 saturated heterocycles. The van der Waals surface area contributed by atoms with Crippen molar-refractivity contribution in [1.29, 1.82) is 0 Å². The van der Waals surface area contributed by atoms with Crippen molar-refractivity contribution in [2.24, 2.45) is 4.99 Å². The van der Waals surface area contributed by atoms with E-state index in [1.165, 1.54) is 16.8 Å². The highest BCUT2D eigenvalue weighted by Crippen LogP contribution is 2.23. The van der Waals surface area contributed by atoms with E-state index in [0.29, 0.717) is 0 Å². The van der Waals surface area contributed by atoms with E-state index < -0.39 is 0 Å². The molecule has 1 aliphatic heterocycles. The Morgan fingerprint density at radius 2 is 1.95 bits per heavy atom. The Morgan fingerprint density at radius 3 is 2.59 bits per heavy atom. The van der Waals surface area contributed by atoms with Crippen LogP contribution in [0.3, 0.4) is 0 Å². The van der Waals surface area contributed by atoms with Crippen molar-refractivity contribution in [1.82, 2.24) is 10.2 Å². The number of nitrogens with zero attached hydrogens (tertiary/aromatic N) is 3. The highest BCUT2D eigenvalue weighted by atomic mass is 32.2. The number of piperazine rings is 1. The van der Waals surface area contributed by atoms with E-state index in [4.69, 9.17) is 0 Å². The average Bonchev–Trinajstić information content (AvgIpc) is 2.55. The molecule has 0 unspecified atom stereocenters. The fourth-order valence-electron chi connectivity index (χ4n) is 2.83. The highest BCUT2D eigenvalue weighted by molar-refractivity contribution is 7.98. The molecule has 1 aliphatic rings. The van der Waals surface area contributed by atoms with Gasteiger partial charge in [-0.2, -0.15) is 11.8 Å². The number of hydrogen-bond donors (Lipinski definition) is 1. The van der Waals surface area contributed by atoms with Crippen LogP contribution in [0.2, 0.25) is 0 Å². The summed E-state index contributed by atoms with van der Waals surface area (Å²) in [4.78, 5) is 9.27. The molecule has 1 heterocycles. The highest BCUT2D eigenvalue weighted by Gasteiger charge is 2.20. The van der Waals surface area contributed by atoms with Gasteiger partial charge >= 0.3 is 0 Å². The third kappa shape index (κ3) is 4.09. The number of hydrogen-bond acceptors (Lipinski definition) is 3. The third-order valence-corrected chi connectivity index (χ3v) is 4.91. The van der Waals surface area contributed by atoms with E-state index in [1.807, 2.05) is 18.8 Å². The van der Waals surface area contributed by atoms with Gasteiger partial charge in [-0.15, -0.1) is 0 Å². The lowest BCUT2D eigenvalue weighted by Gasteiger charge is -2.38. The van der Waals surface area contributed by atoms with Crippen LogP contribution in [-0.2, 0) is 0 Å². The summed E-state index contributed by atoms with van der Waals surface area (Å²) in [7, 11) is 1.87. The van der Waals surface area contributed by atoms with E-state index in [9.17, 15) is 0 Å². The largest absolute Gasteiger partial charge is 0.368 e. The van der Waals surface area contributed by atoms with E-state index in [1.54, 1.807) is 0 Å². The van der Waals surface area contributed by atoms with Crippen molar-refractivity contribution in [3.05, 3.63) is 29.3 Å². The normalized spacial score (nSPS) is 16.1. The standard InChI is InChI=1S/C17H28N4S/c1-14-6-5-7-16(15(14)2)20-9-11-21(12-10-20)17(18-3)19-8-13-22-4/h5-7H,8-13H2,1-4H3,(H,18,19). The van der Waals surface area contributed by atoms with E-state index >= 15 is 0 Å². The molecular formula is C17H28N4S. The second-order valence-electron chi connectivity index (χ2n) is 5.66. The molecule has 0 saturated carbocycles. The number of thioether (sulfide) groups is 1. The van der Waals surface area contributed by atoms with E-state index in [0.717, 1.165) is 44.4 Å². The van der Waals surface area contributed by atoms with Crippen LogP contribution in [0, 0.1) is 13.8 Å². The lowest BCUT2D eigenvalue weighted by atomic mass is 10.1. The lowest BCUT2D eigenvalue weighted by Crippen LogP contribution is -2.53. The van der Waals surface area contributed by atoms with E-state index in [-0.39, 0.29) is 0 Å². The SMILES string of the molecule is CN=C(NCCSC)N1CCN(c2cccc(C)c2C)CC1. The molecule has 2 rings (SSSR count). The minimum atomic E-state index is 0.977. The van der Waals surface area contributed by atoms with Crippen LogP contribution < -0.4 is 10.2 Å². The Kier molecular flexibility index (Phi) is 6.43. The van der Waals surface area contributed by atoms with Gasteiger partial charge in [-0.25, -0.2) is 0 Å². The molecule has 0 spiro atoms. The Balaban J connectivity index is 1.93. The van der Waals surface area contributed by atoms with Crippen LogP contribution in [0.15, 0.2) is 23.2 Å². The molecule has 22 heavy (non-hydrogen) atoms. The van der Waals surface area contributed by atoms with Crippen molar-refractivity contribution >= 4 is 23.4 Å². The fourth-order valence-corrected chi connectivity index (χ4v) is 3.14. The van der Waals surface area contributed by atoms with Crippen molar-refractivity contribution in [2.45, 2.75) is 13.8 Å². The first-order valence-electron chi connectivity index (χ1n) is 7.93. The van der Waals surface area contributed by atoms with Crippen molar-refractivity contribution < 1.29 is 0 Å². The summed E-state index contributed by atoms with van der Waals surface area (Å²) in [6.45, 7) is 9.53. The van der Waals surface area contributed by atoms with Crippen molar-refractivity contribution in [2.75, 3.05) is 56.7 Å². The predicted octanol–water partition coefficient (Wildman–Crippen LogP) is 2.36. The molecule has 0 aliphatic carbocycles. The Bertz CT molecular complexity index is 507. The lowest BCUT2D eigenvalue weighted by molar-refractivity contribution is 0.373. The molecule has 1 N–H and O–H groups in total. The zero-order valence-corrected chi connectivity index (χ0v) is 15.0. The number of aliphatic imine (C=N–C) groups is 1. The maximum atomic E-state index is 4.42. The average molecular weight is 321 g/mol. The molecule has 4 nitrogen and oxygen atoms in total. The van der Waals surface area contributed by atoms with Crippen LogP contribution >= 0.6 is 11.8 Å². The summed E-state index contributed by atoms with van der Waals surface area (Å²) < 4.78 is 0. The van der Waals surface area contributed by atoms with Crippen LogP contribution in [0.5, 0.6) is 0 Å². The Morgan fingerprint density at radius 1 is 1.23 bits per heavy atom. The van der Waals surface area contributed by atoms with Gasteiger partial charge in [0.15, 0.2) is 5.96 Å². The topological polar surface area (TPSA) is 30.9 Å². The molecule has 0 bridgehead atoms. The zero-order valence-electron chi connectivity index (χ0n) is 14.2. The minimum Gasteiger partial charge on any atom is -0.368 e. The molecule has 5 heteroatoms. The molecule has 0 atom stereocenters. The minimum absolute atomic E-state index is 0.977. The fraction of sp³-hybridized carbons (Fsp3) is 0.588. The van der Waals surface area contributed by atoms with Crippen LogP contribution in [0.1, 0.15) is 11.1 Å². The maximum Gasteiger partial charge on any atom is 0.193 e. The molecule has 0 radical (unpaired) electrons. The first-order chi connectivity index (χ1) is 10.7. The molecule has 1 aromatic carbocycles. The monoisotopic (exact) mass is 320 g/mol. The van der Waals surface area contributed by atoms with Crippen LogP contribution in [0.25, 0.3) is 0 Å². The van der Waals surface area contributed by atoms with Gasteiger partial charge in [0.25, 0.3) is 0 Å². The molecular weight excluding hydrogens is 292 g/mol. The zero-order chi connectivity index (χ0) is 15.9. The molecule has 0 amide bonds. The summed E-state index contributed by atoms with van der Waals surface area (Å²) in [5.74, 6) is 2.15. The van der Waals surface area contributed by atoms with Gasteiger partial charge < -0.3 is 15.1 Å². The molecule has 122 valence electrons. The van der Waals surface area contributed by atoms with Gasteiger partial charge in [0, 0.05) is 51.2 Å². The Hall–Kier alpha value is -1.36. The first-order valence-corrected chi connectivity index (χ1v) is 9.32. The van der Waals surface area contributed by atoms with Crippen LogP contribution in [0.4, 0.5) is 5.69 Å². The number of aryl methyl sites for hydroxylation is 1. The number of anilines is 1. The second kappa shape index (κ2) is 8.32. The molecule has 1 aromatic rings. The predicted molar refractivity (Wildman–Crippen MR) is 99.4 cm³/mol. The third-order valence-electron chi connectivity index (χ3n) is 4.30. The maximum absolute atomic E-state index is 4.42. The second-order valence-corrected chi connectivity index (χ2v) is 6.65. The number of rotatable bonds is 4. The molecule has 1 fully saturated rings. The van der Waals surface area contributed by atoms with Gasteiger partial charge in [-0.3, -0.25) is 4.99 Å². The van der Waals surface area contributed by atoms with Gasteiger partial charge in [-0.05, 0) is 37.3 Å². The first kappa shape index (κ1) is 17.0. The van der Waals surface area contributed by atoms with Crippen LogP contribution in [-0.4, -0.2) is 62.6 Å². The summed E-state index contributed by atoms with van der Waals surface area (Å²) in [5.41, 5.74) is 4.15. The van der Waals surface area contributed by atoms with Gasteiger partial charge in [0.2, 0.25) is 0 Å². The quantitative estimate of drug-likeness (QED) is 0.524. The van der Waals surface area contributed by atoms with Gasteiger partial charge in [-0.1, -0.05) is 12.1 Å². The van der Waals surface area contributed by atoms with Gasteiger partial charge in [0.05, 0.1) is 0 Å². The van der Waals surface area contributed by atoms with Gasteiger partial charge in [0.1, 0.15) is 0 Å². The molecule has 0 aromatic heterocycles. The number of guanidine groups is 1. The summed E-state index contributed by atoms with van der Waals surface area (Å²) in [6.07, 6.45) is 2.13. The van der Waals surface area contributed by atoms with Crippen molar-refractivity contribution in [3.8, 4) is 0 Å².